The number of aliphatic hydroxyl groups excluding tert-OH is 3. The van der Waals surface area contributed by atoms with Crippen LogP contribution in [0, 0.1) is 11.8 Å². The molecule has 11 nitrogen and oxygen atoms in total. The van der Waals surface area contributed by atoms with E-state index < -0.39 is 81.4 Å². The zero-order valence-electron chi connectivity index (χ0n) is 21.4. The number of primary amides is 1. The number of Topliss-reactive ketones (excluding diaryl/α,β-unsaturated/α-hetero) is 2. The van der Waals surface area contributed by atoms with E-state index in [4.69, 9.17) is 11.5 Å². The molecule has 0 radical (unpaired) electrons. The smallest absolute Gasteiger partial charge is 0.255 e. The molecule has 204 valence electrons. The summed E-state index contributed by atoms with van der Waals surface area (Å²) in [5, 5.41) is 56.9. The summed E-state index contributed by atoms with van der Waals surface area (Å²) in [5.41, 5.74) is 8.49. The van der Waals surface area contributed by atoms with Crippen LogP contribution in [0.3, 0.4) is 0 Å². The van der Waals surface area contributed by atoms with Crippen LogP contribution in [0.5, 0.6) is 5.75 Å². The van der Waals surface area contributed by atoms with Crippen molar-refractivity contribution in [3.8, 4) is 16.9 Å². The van der Waals surface area contributed by atoms with Crippen LogP contribution in [-0.2, 0) is 14.4 Å². The number of carbonyl (C=O) groups excluding carboxylic acids is 3. The number of nitrogens with zero attached hydrogens (tertiary/aromatic N) is 1. The highest BCUT2D eigenvalue weighted by Gasteiger charge is 2.68. The van der Waals surface area contributed by atoms with E-state index in [1.807, 2.05) is 6.07 Å². The maximum Gasteiger partial charge on any atom is 0.255 e. The van der Waals surface area contributed by atoms with Crippen molar-refractivity contribution in [2.45, 2.75) is 30.6 Å². The van der Waals surface area contributed by atoms with Gasteiger partial charge in [-0.25, -0.2) is 0 Å². The third kappa shape index (κ3) is 3.30. The molecular weight excluding hydrogens is 506 g/mol. The molecule has 0 aromatic heterocycles. The lowest BCUT2D eigenvalue weighted by Gasteiger charge is -2.53. The summed E-state index contributed by atoms with van der Waals surface area (Å²) >= 11 is 0. The number of rotatable bonds is 3. The summed E-state index contributed by atoms with van der Waals surface area (Å²) < 4.78 is 0. The summed E-state index contributed by atoms with van der Waals surface area (Å²) in [4.78, 5) is 40.7. The fourth-order valence-electron chi connectivity index (χ4n) is 6.55. The molecule has 0 unspecified atom stereocenters. The van der Waals surface area contributed by atoms with Gasteiger partial charge in [0.1, 0.15) is 22.8 Å². The van der Waals surface area contributed by atoms with Gasteiger partial charge in [-0.3, -0.25) is 19.3 Å². The highest BCUT2D eigenvalue weighted by Crippen LogP contribution is 2.57. The van der Waals surface area contributed by atoms with E-state index in [1.165, 1.54) is 19.0 Å². The van der Waals surface area contributed by atoms with Crippen molar-refractivity contribution in [1.29, 1.82) is 0 Å². The maximum atomic E-state index is 14.0. The first-order valence-electron chi connectivity index (χ1n) is 12.3. The fraction of sp³-hybridized carbons (Fsp3) is 0.321. The summed E-state index contributed by atoms with van der Waals surface area (Å²) in [6.45, 7) is 1.67. The number of likely N-dealkylation sites (N-methyl/N-ethyl adjacent to an activating group) is 1. The van der Waals surface area contributed by atoms with Crippen molar-refractivity contribution >= 4 is 28.9 Å². The Morgan fingerprint density at radius 1 is 1.08 bits per heavy atom. The Morgan fingerprint density at radius 3 is 2.26 bits per heavy atom. The second kappa shape index (κ2) is 8.67. The minimum absolute atomic E-state index is 0.0622. The summed E-state index contributed by atoms with van der Waals surface area (Å²) in [5.74, 6) is -9.56. The molecule has 1 saturated carbocycles. The number of hydrogen-bond acceptors (Lipinski definition) is 10. The Balaban J connectivity index is 1.81. The Labute approximate surface area is 223 Å². The van der Waals surface area contributed by atoms with E-state index in [9.17, 15) is 39.9 Å². The normalized spacial score (nSPS) is 30.3. The molecular formula is C28H29N3O8. The highest BCUT2D eigenvalue weighted by atomic mass is 16.4. The van der Waals surface area contributed by atoms with Gasteiger partial charge in [0, 0.05) is 17.1 Å². The minimum Gasteiger partial charge on any atom is -0.508 e. The van der Waals surface area contributed by atoms with Crippen molar-refractivity contribution < 1.29 is 39.9 Å². The van der Waals surface area contributed by atoms with Gasteiger partial charge in [-0.2, -0.15) is 0 Å². The van der Waals surface area contributed by atoms with Gasteiger partial charge in [-0.05, 0) is 37.2 Å². The van der Waals surface area contributed by atoms with Gasteiger partial charge in [0.25, 0.3) is 5.91 Å². The zero-order valence-corrected chi connectivity index (χ0v) is 21.4. The largest absolute Gasteiger partial charge is 0.508 e. The number of hydrogen-bond donors (Lipinski definition) is 7. The molecule has 5 rings (SSSR count). The van der Waals surface area contributed by atoms with E-state index in [0.717, 1.165) is 0 Å². The maximum absolute atomic E-state index is 14.0. The number of nitrogens with two attached hydrogens (primary N) is 2. The molecule has 1 amide bonds. The number of aromatic hydroxyl groups is 1. The highest BCUT2D eigenvalue weighted by molar-refractivity contribution is 6.24. The number of amides is 1. The molecule has 0 saturated heterocycles. The second-order valence-electron chi connectivity index (χ2n) is 10.6. The monoisotopic (exact) mass is 535 g/mol. The van der Waals surface area contributed by atoms with Crippen molar-refractivity contribution in [3.63, 3.8) is 0 Å². The number of phenolic OH excluding ortho intramolecular Hbond substituents is 1. The molecule has 6 atom stereocenters. The molecule has 0 aliphatic heterocycles. The van der Waals surface area contributed by atoms with Crippen LogP contribution in [0.1, 0.15) is 24.0 Å². The second-order valence-corrected chi connectivity index (χ2v) is 10.6. The van der Waals surface area contributed by atoms with Gasteiger partial charge in [0.15, 0.2) is 11.4 Å². The molecule has 1 fully saturated rings. The number of phenols is 1. The van der Waals surface area contributed by atoms with E-state index in [-0.39, 0.29) is 11.3 Å². The van der Waals surface area contributed by atoms with Crippen molar-refractivity contribution in [2.75, 3.05) is 19.8 Å². The van der Waals surface area contributed by atoms with Crippen molar-refractivity contribution in [1.82, 2.24) is 4.90 Å². The zero-order chi connectivity index (χ0) is 28.7. The quantitative estimate of drug-likeness (QED) is 0.167. The Morgan fingerprint density at radius 2 is 1.69 bits per heavy atom. The van der Waals surface area contributed by atoms with Gasteiger partial charge >= 0.3 is 0 Å². The van der Waals surface area contributed by atoms with Crippen molar-refractivity contribution in [2.24, 2.45) is 17.6 Å². The number of anilines is 1. The van der Waals surface area contributed by atoms with E-state index >= 15 is 0 Å². The molecule has 2 aromatic carbocycles. The molecule has 3 aliphatic rings. The van der Waals surface area contributed by atoms with Gasteiger partial charge < -0.3 is 37.0 Å². The minimum atomic E-state index is -2.96. The van der Waals surface area contributed by atoms with Crippen LogP contribution in [0.4, 0.5) is 5.69 Å². The first kappa shape index (κ1) is 26.4. The van der Waals surface area contributed by atoms with Crippen LogP contribution >= 0.6 is 0 Å². The summed E-state index contributed by atoms with van der Waals surface area (Å²) in [6.07, 6.45) is -1.67. The Hall–Kier alpha value is -4.19. The molecule has 0 heterocycles. The third-order valence-corrected chi connectivity index (χ3v) is 8.37. The molecule has 0 bridgehead atoms. The predicted octanol–water partition coefficient (Wildman–Crippen LogP) is 0.745. The Bertz CT molecular complexity index is 1510. The topological polar surface area (TPSA) is 208 Å². The number of ketones is 2. The van der Waals surface area contributed by atoms with E-state index in [1.54, 1.807) is 37.3 Å². The average Bonchev–Trinajstić information content (AvgIpc) is 2.88. The van der Waals surface area contributed by atoms with Crippen LogP contribution in [0.15, 0.2) is 53.3 Å². The number of nitrogen functional groups attached to an aromatic ring is 1. The van der Waals surface area contributed by atoms with Gasteiger partial charge in [0.2, 0.25) is 5.78 Å². The SMILES string of the molecule is C[C@@H]1c2cc(-c3ccccc3)c(N)c(O)c2C(O)=C2C(=O)[C@]3(O)C(O)=C(C(N)=O)C(=O)[C@@H](N(C)C)[C@@H]3[C@@H](O)[C@H]21. The lowest BCUT2D eigenvalue weighted by atomic mass is 9.54. The van der Waals surface area contributed by atoms with Crippen LogP contribution in [0.2, 0.25) is 0 Å². The number of aliphatic hydroxyl groups is 4. The van der Waals surface area contributed by atoms with E-state index in [2.05, 4.69) is 0 Å². The fourth-order valence-corrected chi connectivity index (χ4v) is 6.55. The number of benzene rings is 2. The predicted molar refractivity (Wildman–Crippen MR) is 140 cm³/mol. The molecule has 11 heteroatoms. The van der Waals surface area contributed by atoms with Gasteiger partial charge in [-0.1, -0.05) is 37.3 Å². The molecule has 2 aromatic rings. The van der Waals surface area contributed by atoms with Gasteiger partial charge in [-0.15, -0.1) is 0 Å². The standard InChI is InChI=1S/C28H29N3O8/c1-10-12-9-13(11-7-5-4-6-8-11)19(29)23(34)15(12)21(32)16-14(10)22(33)18-20(31(2)3)24(35)17(27(30)38)26(37)28(18,39)25(16)36/h4-10,14,18,20,22,32-34,37,39H,29H2,1-3H3,(H2,30,38)/t10-,14+,18-,20+,22+,28+/m1/s1. The van der Waals surface area contributed by atoms with Crippen LogP contribution in [0.25, 0.3) is 16.9 Å². The average molecular weight is 536 g/mol. The van der Waals surface area contributed by atoms with Gasteiger partial charge in [0.05, 0.1) is 29.3 Å². The number of fused-ring (bicyclic) bond motifs is 3. The number of carbonyl (C=O) groups is 3. The lowest BCUT2D eigenvalue weighted by molar-refractivity contribution is -0.169. The lowest BCUT2D eigenvalue weighted by Crippen LogP contribution is -2.70. The van der Waals surface area contributed by atoms with Crippen LogP contribution in [-0.4, -0.2) is 79.7 Å². The first-order chi connectivity index (χ1) is 18.3. The molecule has 0 spiro atoms. The first-order valence-corrected chi connectivity index (χ1v) is 12.3. The molecule has 39 heavy (non-hydrogen) atoms. The van der Waals surface area contributed by atoms with E-state index in [0.29, 0.717) is 16.7 Å². The molecule has 3 aliphatic carbocycles. The summed E-state index contributed by atoms with van der Waals surface area (Å²) in [7, 11) is 2.91. The Kier molecular flexibility index (Phi) is 5.87. The summed E-state index contributed by atoms with van der Waals surface area (Å²) in [6, 6.07) is 9.20. The molecule has 9 N–H and O–H groups in total. The van der Waals surface area contributed by atoms with Crippen molar-refractivity contribution in [3.05, 3.63) is 64.4 Å². The van der Waals surface area contributed by atoms with Crippen LogP contribution < -0.4 is 11.5 Å². The third-order valence-electron chi connectivity index (χ3n) is 8.37.